The quantitative estimate of drug-likeness (QED) is 0.145. The number of aromatic nitrogens is 2. The minimum absolute atomic E-state index is 0.211. The summed E-state index contributed by atoms with van der Waals surface area (Å²) >= 11 is 0. The van der Waals surface area contributed by atoms with Gasteiger partial charge in [-0.2, -0.15) is 0 Å². The lowest BCUT2D eigenvalue weighted by Crippen LogP contribution is -2.31. The van der Waals surface area contributed by atoms with Gasteiger partial charge in [0, 0.05) is 33.7 Å². The maximum absolute atomic E-state index is 8.38. The molecule has 4 heteroatoms. The van der Waals surface area contributed by atoms with Crippen LogP contribution < -0.4 is 9.80 Å². The Kier molecular flexibility index (Phi) is 7.68. The third-order valence-corrected chi connectivity index (χ3v) is 11.7. The van der Waals surface area contributed by atoms with Gasteiger partial charge in [0.25, 0.3) is 0 Å². The van der Waals surface area contributed by atoms with Gasteiger partial charge in [0.1, 0.15) is 5.82 Å². The molecule has 0 fully saturated rings. The van der Waals surface area contributed by atoms with Crippen LogP contribution in [0.15, 0.2) is 194 Å². The largest absolute Gasteiger partial charge is 0.355 e. The number of nitrogens with zero attached hydrogens (tertiary/aromatic N) is 4. The summed E-state index contributed by atoms with van der Waals surface area (Å²) in [6.45, 7) is 2.41. The maximum Gasteiger partial charge on any atom is 0.138 e. The van der Waals surface area contributed by atoms with Crippen LogP contribution in [0.4, 0.5) is 17.1 Å². The molecule has 7 aromatic carbocycles. The molecule has 1 aliphatic heterocycles. The number of para-hydroxylation sites is 3. The molecule has 2 aromatic heterocycles. The van der Waals surface area contributed by atoms with E-state index in [1.54, 1.807) is 0 Å². The molecule has 57 heavy (non-hydrogen) atoms. The Morgan fingerprint density at radius 3 is 1.98 bits per heavy atom. The van der Waals surface area contributed by atoms with Crippen LogP contribution in [-0.2, 0) is 5.41 Å². The van der Waals surface area contributed by atoms with E-state index in [0.29, 0.717) is 11.6 Å². The molecule has 0 radical (unpaired) electrons. The standard InChI is InChI=1S/C53H44N4/c1-37(2)44-23-10-11-24-45(44)38-31-32-54-52(33-38)57-48-26-13-12-25-46(48)47-30-29-42(35-51(47)57)53(39-17-6-4-7-18-39,40-19-8-5-9-20-40)41-21-16-22-43(34-41)56-36-55(3)49-27-14-15-28-50(49)56/h4-35,37H,36H2,1-3H3/i3D3. The number of hydrogen-bond donors (Lipinski definition) is 0. The predicted molar refractivity (Wildman–Crippen MR) is 238 cm³/mol. The van der Waals surface area contributed by atoms with Crippen molar-refractivity contribution in [1.82, 2.24) is 9.55 Å². The predicted octanol–water partition coefficient (Wildman–Crippen LogP) is 12.9. The van der Waals surface area contributed by atoms with Gasteiger partial charge in [0.15, 0.2) is 0 Å². The highest BCUT2D eigenvalue weighted by molar-refractivity contribution is 6.09. The van der Waals surface area contributed by atoms with Crippen molar-refractivity contribution in [3.63, 3.8) is 0 Å². The maximum atomic E-state index is 8.38. The molecule has 1 aliphatic rings. The van der Waals surface area contributed by atoms with Gasteiger partial charge in [-0.15, -0.1) is 0 Å². The molecule has 0 unspecified atom stereocenters. The topological polar surface area (TPSA) is 24.3 Å². The summed E-state index contributed by atoms with van der Waals surface area (Å²) in [5.41, 5.74) is 11.9. The molecular formula is C53H44N4. The summed E-state index contributed by atoms with van der Waals surface area (Å²) < 4.78 is 27.5. The van der Waals surface area contributed by atoms with Crippen LogP contribution >= 0.6 is 0 Å². The molecule has 0 atom stereocenters. The molecule has 0 N–H and O–H groups in total. The fraction of sp³-hybridized carbons (Fsp3) is 0.113. The monoisotopic (exact) mass is 739 g/mol. The highest BCUT2D eigenvalue weighted by Gasteiger charge is 2.39. The number of anilines is 3. The van der Waals surface area contributed by atoms with E-state index >= 15 is 0 Å². The van der Waals surface area contributed by atoms with E-state index in [2.05, 4.69) is 187 Å². The normalized spacial score (nSPS) is 13.8. The van der Waals surface area contributed by atoms with E-state index in [4.69, 9.17) is 9.10 Å². The Labute approximate surface area is 339 Å². The summed E-state index contributed by atoms with van der Waals surface area (Å²) in [6.07, 6.45) is 1.93. The lowest BCUT2D eigenvalue weighted by molar-refractivity contribution is 0.745. The number of pyridine rings is 1. The van der Waals surface area contributed by atoms with Crippen LogP contribution in [0, 0.1) is 0 Å². The molecule has 3 heterocycles. The first-order valence-electron chi connectivity index (χ1n) is 21.2. The van der Waals surface area contributed by atoms with Crippen LogP contribution in [0.3, 0.4) is 0 Å². The summed E-state index contributed by atoms with van der Waals surface area (Å²) in [5.74, 6) is 1.23. The van der Waals surface area contributed by atoms with Crippen LogP contribution in [0.2, 0.25) is 0 Å². The van der Waals surface area contributed by atoms with Crippen molar-refractivity contribution in [2.24, 2.45) is 0 Å². The molecule has 276 valence electrons. The Bertz CT molecular complexity index is 2970. The van der Waals surface area contributed by atoms with Crippen molar-refractivity contribution in [3.05, 3.63) is 222 Å². The lowest BCUT2D eigenvalue weighted by atomic mass is 9.65. The fourth-order valence-electron chi connectivity index (χ4n) is 9.14. The molecule has 0 saturated carbocycles. The van der Waals surface area contributed by atoms with Gasteiger partial charge in [-0.25, -0.2) is 4.98 Å². The van der Waals surface area contributed by atoms with E-state index in [-0.39, 0.29) is 6.67 Å². The smallest absolute Gasteiger partial charge is 0.138 e. The highest BCUT2D eigenvalue weighted by Crippen LogP contribution is 2.49. The van der Waals surface area contributed by atoms with E-state index in [1.807, 2.05) is 30.5 Å². The summed E-state index contributed by atoms with van der Waals surface area (Å²) in [5, 5.41) is 2.30. The molecule has 10 rings (SSSR count). The minimum atomic E-state index is -2.29. The zero-order valence-corrected chi connectivity index (χ0v) is 32.0. The van der Waals surface area contributed by atoms with Crippen molar-refractivity contribution in [1.29, 1.82) is 0 Å². The van der Waals surface area contributed by atoms with E-state index in [1.165, 1.54) is 16.0 Å². The fourth-order valence-corrected chi connectivity index (χ4v) is 9.14. The Balaban J connectivity index is 1.23. The second-order valence-electron chi connectivity index (χ2n) is 15.2. The molecule has 0 spiro atoms. The zero-order valence-electron chi connectivity index (χ0n) is 35.0. The van der Waals surface area contributed by atoms with Crippen molar-refractivity contribution >= 4 is 38.9 Å². The van der Waals surface area contributed by atoms with Crippen molar-refractivity contribution in [2.45, 2.75) is 25.2 Å². The van der Waals surface area contributed by atoms with E-state index in [9.17, 15) is 0 Å². The summed E-state index contributed by atoms with van der Waals surface area (Å²) in [7, 11) is 0. The van der Waals surface area contributed by atoms with Crippen molar-refractivity contribution in [2.75, 3.05) is 23.4 Å². The second kappa shape index (κ2) is 14.0. The third-order valence-electron chi connectivity index (χ3n) is 11.7. The summed E-state index contributed by atoms with van der Waals surface area (Å²) in [4.78, 5) is 8.68. The van der Waals surface area contributed by atoms with Crippen molar-refractivity contribution in [3.8, 4) is 16.9 Å². The Hall–Kier alpha value is -6.91. The van der Waals surface area contributed by atoms with Crippen LogP contribution in [0.1, 0.15) is 51.7 Å². The molecule has 4 nitrogen and oxygen atoms in total. The van der Waals surface area contributed by atoms with Crippen molar-refractivity contribution < 1.29 is 4.11 Å². The Morgan fingerprint density at radius 1 is 0.561 bits per heavy atom. The number of fused-ring (bicyclic) bond motifs is 4. The summed E-state index contributed by atoms with van der Waals surface area (Å²) in [6, 6.07) is 66.4. The van der Waals surface area contributed by atoms with Gasteiger partial charge in [-0.1, -0.05) is 153 Å². The van der Waals surface area contributed by atoms with Crippen LogP contribution in [0.5, 0.6) is 0 Å². The lowest BCUT2D eigenvalue weighted by Gasteiger charge is -2.37. The van der Waals surface area contributed by atoms with Gasteiger partial charge in [0.05, 0.1) is 34.5 Å². The number of benzene rings is 7. The van der Waals surface area contributed by atoms with Gasteiger partial charge in [-0.05, 0) is 93.4 Å². The van der Waals surface area contributed by atoms with E-state index in [0.717, 1.165) is 66.8 Å². The molecule has 9 aromatic rings. The van der Waals surface area contributed by atoms with Gasteiger partial charge in [0.2, 0.25) is 0 Å². The molecule has 0 saturated heterocycles. The average Bonchev–Trinajstić information content (AvgIpc) is 3.85. The first kappa shape index (κ1) is 31.3. The van der Waals surface area contributed by atoms with Gasteiger partial charge in [-0.3, -0.25) is 4.57 Å². The number of rotatable bonds is 8. The second-order valence-corrected chi connectivity index (χ2v) is 15.2. The zero-order chi connectivity index (χ0) is 41.0. The highest BCUT2D eigenvalue weighted by atomic mass is 15.4. The molecular weight excluding hydrogens is 693 g/mol. The first-order valence-corrected chi connectivity index (χ1v) is 19.7. The van der Waals surface area contributed by atoms with E-state index < -0.39 is 12.4 Å². The van der Waals surface area contributed by atoms with Gasteiger partial charge < -0.3 is 9.80 Å². The average molecular weight is 740 g/mol. The molecule has 0 amide bonds. The SMILES string of the molecule is [2H]C([2H])([2H])N1CN(c2cccc(C(c3ccccc3)(c3ccccc3)c3ccc4c5ccccc5n(-c5cc(-c6ccccc6C(C)C)ccn5)c4c3)c2)c2ccccc21. The Morgan fingerprint density at radius 2 is 1.21 bits per heavy atom. The third kappa shape index (κ3) is 5.63. The minimum Gasteiger partial charge on any atom is -0.355 e. The van der Waals surface area contributed by atoms with Gasteiger partial charge >= 0.3 is 0 Å². The molecule has 0 aliphatic carbocycles. The molecule has 0 bridgehead atoms. The van der Waals surface area contributed by atoms with Crippen LogP contribution in [-0.4, -0.2) is 23.2 Å². The number of hydrogen-bond acceptors (Lipinski definition) is 3. The first-order chi connectivity index (χ1) is 29.2. The van der Waals surface area contributed by atoms with Crippen LogP contribution in [0.25, 0.3) is 38.8 Å².